The molecule has 0 spiro atoms. The minimum atomic E-state index is 0.108. The van der Waals surface area contributed by atoms with Crippen molar-refractivity contribution in [2.45, 2.75) is 19.6 Å². The molecule has 0 N–H and O–H groups in total. The summed E-state index contributed by atoms with van der Waals surface area (Å²) in [4.78, 5) is 12.6. The molecule has 5 heterocycles. The number of para-hydroxylation sites is 8. The summed E-state index contributed by atoms with van der Waals surface area (Å²) in [5.74, 6) is 1.71. The van der Waals surface area contributed by atoms with Crippen LogP contribution in [-0.2, 0) is 0 Å². The fraction of sp³-hybridized carbons (Fsp3) is 0. The van der Waals surface area contributed by atoms with Gasteiger partial charge in [-0.05, 0) is 112 Å². The maximum absolute atomic E-state index is 6.33. The molecule has 0 fully saturated rings. The van der Waals surface area contributed by atoms with E-state index in [4.69, 9.17) is 4.74 Å². The molecule has 0 unspecified atom stereocenters. The molecular formula is C48H28BN3OS2. The quantitative estimate of drug-likeness (QED) is 0.163. The van der Waals surface area contributed by atoms with E-state index in [9.17, 15) is 0 Å². The number of rotatable bonds is 2. The van der Waals surface area contributed by atoms with Crippen LogP contribution < -0.4 is 35.8 Å². The van der Waals surface area contributed by atoms with Crippen LogP contribution in [0.1, 0.15) is 0 Å². The normalized spacial score (nSPS) is 14.4. The third-order valence-electron chi connectivity index (χ3n) is 11.6. The van der Waals surface area contributed by atoms with Gasteiger partial charge in [-0.1, -0.05) is 108 Å². The van der Waals surface area contributed by atoms with Crippen molar-refractivity contribution in [2.24, 2.45) is 0 Å². The lowest BCUT2D eigenvalue weighted by molar-refractivity contribution is 0.477. The van der Waals surface area contributed by atoms with Crippen LogP contribution in [0.4, 0.5) is 51.2 Å². The van der Waals surface area contributed by atoms with Crippen LogP contribution in [0.2, 0.25) is 0 Å². The highest BCUT2D eigenvalue weighted by Crippen LogP contribution is 2.57. The van der Waals surface area contributed by atoms with Gasteiger partial charge in [-0.25, -0.2) is 0 Å². The molecule has 5 aliphatic heterocycles. The van der Waals surface area contributed by atoms with Crippen LogP contribution in [-0.4, -0.2) is 6.71 Å². The molecule has 0 saturated heterocycles. The Labute approximate surface area is 327 Å². The Hall–Kier alpha value is -6.28. The molecule has 8 aromatic rings. The lowest BCUT2D eigenvalue weighted by atomic mass is 9.33. The molecule has 0 aromatic heterocycles. The molecule has 4 nitrogen and oxygen atoms in total. The lowest BCUT2D eigenvalue weighted by Gasteiger charge is -2.47. The fourth-order valence-electron chi connectivity index (χ4n) is 9.34. The van der Waals surface area contributed by atoms with Crippen LogP contribution in [0.3, 0.4) is 0 Å². The highest BCUT2D eigenvalue weighted by Gasteiger charge is 2.47. The van der Waals surface area contributed by atoms with E-state index in [0.29, 0.717) is 0 Å². The number of hydrogen-bond donors (Lipinski definition) is 0. The Bertz CT molecular complexity index is 2790. The van der Waals surface area contributed by atoms with Crippen molar-refractivity contribution in [1.82, 2.24) is 0 Å². The van der Waals surface area contributed by atoms with Crippen molar-refractivity contribution in [2.75, 3.05) is 14.7 Å². The van der Waals surface area contributed by atoms with Gasteiger partial charge in [0.05, 0.1) is 34.1 Å². The molecule has 0 aliphatic carbocycles. The molecule has 13 rings (SSSR count). The lowest BCUT2D eigenvalue weighted by Crippen LogP contribution is -2.62. The first-order valence-corrected chi connectivity index (χ1v) is 20.3. The number of anilines is 9. The van der Waals surface area contributed by atoms with Gasteiger partial charge in [-0.3, -0.25) is 0 Å². The molecule has 7 heteroatoms. The molecule has 5 aliphatic rings. The minimum absolute atomic E-state index is 0.108. The van der Waals surface area contributed by atoms with Crippen molar-refractivity contribution in [3.8, 4) is 22.6 Å². The van der Waals surface area contributed by atoms with E-state index in [0.717, 1.165) is 28.6 Å². The Balaban J connectivity index is 1.06. The van der Waals surface area contributed by atoms with E-state index in [1.165, 1.54) is 81.2 Å². The van der Waals surface area contributed by atoms with Gasteiger partial charge >= 0.3 is 0 Å². The van der Waals surface area contributed by atoms with Crippen molar-refractivity contribution in [1.29, 1.82) is 0 Å². The van der Waals surface area contributed by atoms with E-state index < -0.39 is 0 Å². The molecule has 0 bridgehead atoms. The molecule has 8 aromatic carbocycles. The Morgan fingerprint density at radius 3 is 1.40 bits per heavy atom. The Kier molecular flexibility index (Phi) is 6.09. The summed E-state index contributed by atoms with van der Waals surface area (Å²) in [6.45, 7) is 0.108. The predicted molar refractivity (Wildman–Crippen MR) is 229 cm³/mol. The summed E-state index contributed by atoms with van der Waals surface area (Å²) in [7, 11) is 0. The van der Waals surface area contributed by atoms with E-state index >= 15 is 0 Å². The van der Waals surface area contributed by atoms with Crippen molar-refractivity contribution in [3.05, 3.63) is 170 Å². The zero-order valence-electron chi connectivity index (χ0n) is 29.3. The topological polar surface area (TPSA) is 19.0 Å². The standard InChI is InChI=1S/C48H28BN3OS2/c1-5-17-40-34(13-1)50(35-14-2-6-18-41(35)53-40)31-25-23-29(24-26-31)30-27-38-46-39(28-30)52-37-16-4-8-20-43(37)55-45-22-10-12-33(48(45)52)49(46)32-11-9-21-44-47(32)51(38)36-15-3-7-19-42(36)54-44/h1-28H. The maximum Gasteiger partial charge on any atom is 0.252 e. The third-order valence-corrected chi connectivity index (χ3v) is 13.8. The van der Waals surface area contributed by atoms with Crippen LogP contribution in [0.15, 0.2) is 189 Å². The fourth-order valence-corrected chi connectivity index (χ4v) is 11.5. The molecule has 0 atom stereocenters. The van der Waals surface area contributed by atoms with E-state index in [1.807, 2.05) is 47.8 Å². The average Bonchev–Trinajstić information content (AvgIpc) is 3.24. The van der Waals surface area contributed by atoms with Gasteiger partial charge < -0.3 is 19.4 Å². The largest absolute Gasteiger partial charge is 0.453 e. The molecule has 0 amide bonds. The summed E-state index contributed by atoms with van der Waals surface area (Å²) in [5.41, 5.74) is 17.2. The first kappa shape index (κ1) is 30.1. The highest BCUT2D eigenvalue weighted by molar-refractivity contribution is 8.00. The van der Waals surface area contributed by atoms with Crippen molar-refractivity contribution in [3.63, 3.8) is 0 Å². The maximum atomic E-state index is 6.33. The zero-order valence-corrected chi connectivity index (χ0v) is 30.9. The van der Waals surface area contributed by atoms with Crippen molar-refractivity contribution >= 4 is 97.8 Å². The van der Waals surface area contributed by atoms with Gasteiger partial charge in [0.15, 0.2) is 11.5 Å². The van der Waals surface area contributed by atoms with E-state index in [-0.39, 0.29) is 6.71 Å². The number of benzene rings is 8. The smallest absolute Gasteiger partial charge is 0.252 e. The van der Waals surface area contributed by atoms with E-state index in [1.54, 1.807) is 0 Å². The monoisotopic (exact) mass is 737 g/mol. The van der Waals surface area contributed by atoms with Gasteiger partial charge in [0.2, 0.25) is 0 Å². The summed E-state index contributed by atoms with van der Waals surface area (Å²) in [6.07, 6.45) is 0. The van der Waals surface area contributed by atoms with Gasteiger partial charge in [-0.2, -0.15) is 0 Å². The second-order valence-electron chi connectivity index (χ2n) is 14.5. The molecule has 0 saturated carbocycles. The number of hydrogen-bond acceptors (Lipinski definition) is 6. The summed E-state index contributed by atoms with van der Waals surface area (Å²) in [6, 6.07) is 62.1. The Morgan fingerprint density at radius 1 is 0.382 bits per heavy atom. The Morgan fingerprint density at radius 2 is 0.855 bits per heavy atom. The molecular weight excluding hydrogens is 709 g/mol. The van der Waals surface area contributed by atoms with Gasteiger partial charge in [0.25, 0.3) is 6.71 Å². The second kappa shape index (κ2) is 11.1. The number of ether oxygens (including phenoxy) is 1. The minimum Gasteiger partial charge on any atom is -0.453 e. The zero-order chi connectivity index (χ0) is 35.8. The van der Waals surface area contributed by atoms with Crippen LogP contribution in [0.25, 0.3) is 11.1 Å². The van der Waals surface area contributed by atoms with Crippen LogP contribution >= 0.6 is 23.5 Å². The highest BCUT2D eigenvalue weighted by atomic mass is 32.2. The predicted octanol–water partition coefficient (Wildman–Crippen LogP) is 11.9. The number of nitrogens with zero attached hydrogens (tertiary/aromatic N) is 3. The van der Waals surface area contributed by atoms with Gasteiger partial charge in [0.1, 0.15) is 0 Å². The third kappa shape index (κ3) is 4.11. The first-order chi connectivity index (χ1) is 27.3. The first-order valence-electron chi connectivity index (χ1n) is 18.6. The molecule has 55 heavy (non-hydrogen) atoms. The van der Waals surface area contributed by atoms with Gasteiger partial charge in [-0.15, -0.1) is 0 Å². The average molecular weight is 738 g/mol. The number of fused-ring (bicyclic) bond motifs is 10. The van der Waals surface area contributed by atoms with E-state index in [2.05, 4.69) is 160 Å². The summed E-state index contributed by atoms with van der Waals surface area (Å²) < 4.78 is 6.33. The molecule has 0 radical (unpaired) electrons. The van der Waals surface area contributed by atoms with Crippen LogP contribution in [0.5, 0.6) is 11.5 Å². The second-order valence-corrected chi connectivity index (χ2v) is 16.6. The summed E-state index contributed by atoms with van der Waals surface area (Å²) >= 11 is 3.77. The van der Waals surface area contributed by atoms with Crippen LogP contribution in [0, 0.1) is 0 Å². The van der Waals surface area contributed by atoms with Crippen molar-refractivity contribution < 1.29 is 4.74 Å². The molecule has 256 valence electrons. The summed E-state index contributed by atoms with van der Waals surface area (Å²) in [5, 5.41) is 0. The van der Waals surface area contributed by atoms with Gasteiger partial charge in [0, 0.05) is 36.6 Å². The SMILES string of the molecule is c1ccc2c(c1)Oc1ccccc1N2c1ccc(-c2cc3c4c(c2)N2c5ccccc5Sc5cccc(c52)B4c2cccc4c2N3c2ccccc2S4)cc1.